The number of nitro groups is 1. The first-order valence-corrected chi connectivity index (χ1v) is 5.38. The molecule has 0 atom stereocenters. The molecule has 0 unspecified atom stereocenters. The van der Waals surface area contributed by atoms with Crippen molar-refractivity contribution in [1.82, 2.24) is 4.98 Å². The van der Waals surface area contributed by atoms with Crippen LogP contribution in [-0.2, 0) is 0 Å². The Hall–Kier alpha value is -2.30. The fourth-order valence-corrected chi connectivity index (χ4v) is 1.33. The largest absolute Gasteiger partial charge is 0.477 e. The summed E-state index contributed by atoms with van der Waals surface area (Å²) in [6.07, 6.45) is 0. The van der Waals surface area contributed by atoms with Gasteiger partial charge in [0.2, 0.25) is 5.82 Å². The van der Waals surface area contributed by atoms with Crippen LogP contribution in [0.25, 0.3) is 0 Å². The van der Waals surface area contributed by atoms with Crippen molar-refractivity contribution in [3.05, 3.63) is 27.9 Å². The molecule has 1 rings (SSSR count). The van der Waals surface area contributed by atoms with E-state index in [1.54, 1.807) is 0 Å². The fourth-order valence-electron chi connectivity index (χ4n) is 1.33. The summed E-state index contributed by atoms with van der Waals surface area (Å²) in [6.45, 7) is -2.22. The zero-order valence-corrected chi connectivity index (χ0v) is 10.2. The van der Waals surface area contributed by atoms with Gasteiger partial charge >= 0.3 is 11.7 Å². The van der Waals surface area contributed by atoms with Crippen molar-refractivity contribution in [1.29, 1.82) is 0 Å². The minimum atomic E-state index is -1.66. The Morgan fingerprint density at radius 2 is 1.85 bits per heavy atom. The molecule has 10 heteroatoms. The number of aromatic carboxylic acids is 1. The molecular formula is C10H13N3O7. The number of nitrogens with one attached hydrogen (secondary N) is 1. The van der Waals surface area contributed by atoms with Crippen molar-refractivity contribution in [2.45, 2.75) is 5.54 Å². The second-order valence-electron chi connectivity index (χ2n) is 4.01. The summed E-state index contributed by atoms with van der Waals surface area (Å²) in [5.74, 6) is -1.86. The Labute approximate surface area is 112 Å². The monoisotopic (exact) mass is 287 g/mol. The molecule has 0 aliphatic heterocycles. The van der Waals surface area contributed by atoms with Crippen molar-refractivity contribution in [3.63, 3.8) is 0 Å². The van der Waals surface area contributed by atoms with Crippen LogP contribution in [-0.4, -0.2) is 61.7 Å². The number of aromatic nitrogens is 1. The highest BCUT2D eigenvalue weighted by Crippen LogP contribution is 2.25. The predicted molar refractivity (Wildman–Crippen MR) is 65.5 cm³/mol. The maximum atomic E-state index is 10.8. The van der Waals surface area contributed by atoms with E-state index in [0.717, 1.165) is 12.1 Å². The number of nitrogens with zero attached hydrogens (tertiary/aromatic N) is 2. The molecule has 1 heterocycles. The first-order valence-electron chi connectivity index (χ1n) is 5.38. The summed E-state index contributed by atoms with van der Waals surface area (Å²) in [5.41, 5.74) is -2.66. The van der Waals surface area contributed by atoms with E-state index in [2.05, 4.69) is 10.3 Å². The van der Waals surface area contributed by atoms with E-state index in [4.69, 9.17) is 20.4 Å². The number of carboxylic acids is 1. The van der Waals surface area contributed by atoms with Crippen molar-refractivity contribution >= 4 is 17.5 Å². The second kappa shape index (κ2) is 6.23. The second-order valence-corrected chi connectivity index (χ2v) is 4.01. The van der Waals surface area contributed by atoms with Crippen LogP contribution in [0.4, 0.5) is 11.5 Å². The maximum absolute atomic E-state index is 10.8. The summed E-state index contributed by atoms with van der Waals surface area (Å²) < 4.78 is 0. The predicted octanol–water partition coefficient (Wildman–Crippen LogP) is -1.18. The number of hydrogen-bond acceptors (Lipinski definition) is 8. The van der Waals surface area contributed by atoms with Crippen LogP contribution >= 0.6 is 0 Å². The van der Waals surface area contributed by atoms with Crippen molar-refractivity contribution in [3.8, 4) is 0 Å². The van der Waals surface area contributed by atoms with Gasteiger partial charge in [0, 0.05) is 6.07 Å². The van der Waals surface area contributed by atoms with Crippen LogP contribution in [0.3, 0.4) is 0 Å². The van der Waals surface area contributed by atoms with E-state index < -0.39 is 53.5 Å². The van der Waals surface area contributed by atoms with Crippen molar-refractivity contribution in [2.24, 2.45) is 0 Å². The lowest BCUT2D eigenvalue weighted by Crippen LogP contribution is -2.49. The van der Waals surface area contributed by atoms with E-state index in [0.29, 0.717) is 0 Å². The first kappa shape index (κ1) is 15.8. The average Bonchev–Trinajstić information content (AvgIpc) is 2.44. The van der Waals surface area contributed by atoms with Gasteiger partial charge in [-0.3, -0.25) is 10.1 Å². The van der Waals surface area contributed by atoms with E-state index in [1.165, 1.54) is 0 Å². The third-order valence-electron chi connectivity index (χ3n) is 2.58. The number of pyridine rings is 1. The summed E-state index contributed by atoms with van der Waals surface area (Å²) in [6, 6.07) is 1.87. The fraction of sp³-hybridized carbons (Fsp3) is 0.400. The first-order chi connectivity index (χ1) is 9.39. The summed E-state index contributed by atoms with van der Waals surface area (Å²) in [5, 5.41) is 49.4. The smallest absolute Gasteiger partial charge is 0.354 e. The molecular weight excluding hydrogens is 274 g/mol. The SMILES string of the molecule is O=C(O)c1ccc([N+](=O)[O-])c(NC(CO)(CO)CO)n1. The van der Waals surface area contributed by atoms with Gasteiger partial charge in [0.05, 0.1) is 24.7 Å². The quantitative estimate of drug-likeness (QED) is 0.306. The number of aliphatic hydroxyl groups is 3. The maximum Gasteiger partial charge on any atom is 0.354 e. The lowest BCUT2D eigenvalue weighted by Gasteiger charge is -2.28. The van der Waals surface area contributed by atoms with Gasteiger partial charge in [0.15, 0.2) is 5.69 Å². The Kier molecular flexibility index (Phi) is 4.91. The molecule has 0 spiro atoms. The van der Waals surface area contributed by atoms with Gasteiger partial charge < -0.3 is 25.7 Å². The number of carboxylic acid groups (broad SMARTS) is 1. The molecule has 0 aromatic carbocycles. The van der Waals surface area contributed by atoms with Gasteiger partial charge in [-0.2, -0.15) is 0 Å². The Balaban J connectivity index is 3.29. The zero-order valence-electron chi connectivity index (χ0n) is 10.2. The van der Waals surface area contributed by atoms with Crippen molar-refractivity contribution < 1.29 is 30.1 Å². The molecule has 0 amide bonds. The van der Waals surface area contributed by atoms with E-state index in [9.17, 15) is 14.9 Å². The number of carbonyl (C=O) groups is 1. The lowest BCUT2D eigenvalue weighted by atomic mass is 10.0. The molecule has 10 nitrogen and oxygen atoms in total. The third-order valence-corrected chi connectivity index (χ3v) is 2.58. The molecule has 110 valence electrons. The Morgan fingerprint density at radius 3 is 2.25 bits per heavy atom. The molecule has 0 radical (unpaired) electrons. The van der Waals surface area contributed by atoms with Crippen LogP contribution in [0.5, 0.6) is 0 Å². The van der Waals surface area contributed by atoms with Crippen LogP contribution in [0, 0.1) is 10.1 Å². The average molecular weight is 287 g/mol. The highest BCUT2D eigenvalue weighted by atomic mass is 16.6. The highest BCUT2D eigenvalue weighted by molar-refractivity contribution is 5.86. The molecule has 0 saturated heterocycles. The lowest BCUT2D eigenvalue weighted by molar-refractivity contribution is -0.384. The number of hydrogen-bond donors (Lipinski definition) is 5. The minimum Gasteiger partial charge on any atom is -0.477 e. The number of rotatable bonds is 7. The molecule has 5 N–H and O–H groups in total. The topological polar surface area (TPSA) is 166 Å². The molecule has 0 saturated carbocycles. The molecule has 1 aromatic heterocycles. The van der Waals surface area contributed by atoms with Crippen LogP contribution in [0.15, 0.2) is 12.1 Å². The molecule has 1 aromatic rings. The normalized spacial score (nSPS) is 11.2. The van der Waals surface area contributed by atoms with Crippen LogP contribution in [0.2, 0.25) is 0 Å². The molecule has 0 aliphatic carbocycles. The van der Waals surface area contributed by atoms with Gasteiger partial charge in [-0.25, -0.2) is 9.78 Å². The number of aliphatic hydroxyl groups excluding tert-OH is 3. The number of anilines is 1. The summed E-state index contributed by atoms with van der Waals surface area (Å²) in [4.78, 5) is 24.4. The van der Waals surface area contributed by atoms with Gasteiger partial charge in [0.1, 0.15) is 5.54 Å². The van der Waals surface area contributed by atoms with Gasteiger partial charge in [-0.1, -0.05) is 0 Å². The Bertz CT molecular complexity index is 507. The van der Waals surface area contributed by atoms with E-state index in [-0.39, 0.29) is 0 Å². The van der Waals surface area contributed by atoms with Crippen LogP contribution < -0.4 is 5.32 Å². The molecule has 0 aliphatic rings. The van der Waals surface area contributed by atoms with E-state index in [1.807, 2.05) is 0 Å². The van der Waals surface area contributed by atoms with Gasteiger partial charge in [-0.15, -0.1) is 0 Å². The summed E-state index contributed by atoms with van der Waals surface area (Å²) in [7, 11) is 0. The molecule has 0 fully saturated rings. The third kappa shape index (κ3) is 3.17. The summed E-state index contributed by atoms with van der Waals surface area (Å²) >= 11 is 0. The molecule has 0 bridgehead atoms. The van der Waals surface area contributed by atoms with Crippen LogP contribution in [0.1, 0.15) is 10.5 Å². The van der Waals surface area contributed by atoms with Gasteiger partial charge in [0.25, 0.3) is 0 Å². The van der Waals surface area contributed by atoms with E-state index >= 15 is 0 Å². The van der Waals surface area contributed by atoms with Crippen molar-refractivity contribution in [2.75, 3.05) is 25.1 Å². The standard InChI is InChI=1S/C10H13N3O7/c14-3-10(4-15,5-16)12-8-7(13(19)20)2-1-6(11-8)9(17)18/h1-2,14-16H,3-5H2,(H,11,12)(H,17,18). The Morgan fingerprint density at radius 1 is 1.30 bits per heavy atom. The minimum absolute atomic E-state index is 0.458. The zero-order chi connectivity index (χ0) is 15.3. The highest BCUT2D eigenvalue weighted by Gasteiger charge is 2.31. The van der Waals surface area contributed by atoms with Gasteiger partial charge in [-0.05, 0) is 6.07 Å². The molecule has 20 heavy (non-hydrogen) atoms.